The number of ether oxygens (including phenoxy) is 1. The number of carbonyl (C=O) groups excluding carboxylic acids is 1. The molecule has 0 bridgehead atoms. The fraction of sp³-hybridized carbons (Fsp3) is 0.412. The van der Waals surface area contributed by atoms with Gasteiger partial charge >= 0.3 is 0 Å². The van der Waals surface area contributed by atoms with Gasteiger partial charge in [0.15, 0.2) is 5.57 Å². The van der Waals surface area contributed by atoms with E-state index in [0.29, 0.717) is 24.3 Å². The summed E-state index contributed by atoms with van der Waals surface area (Å²) in [6, 6.07) is 8.62. The highest BCUT2D eigenvalue weighted by Crippen LogP contribution is 2.34. The number of hydrogen-bond acceptors (Lipinski definition) is 4. The van der Waals surface area contributed by atoms with Gasteiger partial charge in [-0.15, -0.1) is 0 Å². The van der Waals surface area contributed by atoms with Crippen molar-refractivity contribution in [3.8, 4) is 11.8 Å². The number of aliphatic hydroxyl groups excluding tert-OH is 1. The highest BCUT2D eigenvalue weighted by atomic mass is 16.5. The lowest BCUT2D eigenvalue weighted by molar-refractivity contribution is -0.112. The molecule has 0 saturated heterocycles. The van der Waals surface area contributed by atoms with Crippen molar-refractivity contribution in [2.75, 3.05) is 12.4 Å². The third-order valence-electron chi connectivity index (χ3n) is 4.04. The molecule has 0 aliphatic heterocycles. The summed E-state index contributed by atoms with van der Waals surface area (Å²) in [5, 5.41) is 22.2. The molecule has 2 N–H and O–H groups in total. The summed E-state index contributed by atoms with van der Waals surface area (Å²) in [7, 11) is 1.53. The lowest BCUT2D eigenvalue weighted by Gasteiger charge is -2.26. The van der Waals surface area contributed by atoms with Gasteiger partial charge in [-0.3, -0.25) is 4.79 Å². The average molecular weight is 302 g/mol. The van der Waals surface area contributed by atoms with Crippen molar-refractivity contribution >= 4 is 11.6 Å². The van der Waals surface area contributed by atoms with Crippen LogP contribution in [0.25, 0.3) is 0 Å². The predicted molar refractivity (Wildman–Crippen MR) is 85.6 cm³/mol. The number of hydrogen-bond donors (Lipinski definition) is 2. The maximum atomic E-state index is 12.3. The van der Waals surface area contributed by atoms with E-state index in [1.165, 1.54) is 7.11 Å². The first-order chi connectivity index (χ1) is 10.4. The van der Waals surface area contributed by atoms with Crippen LogP contribution in [0.2, 0.25) is 0 Å². The number of allylic oxidation sites excluding steroid dienone is 1. The molecule has 0 heterocycles. The second kappa shape index (κ2) is 7.51. The number of carbonyl (C=O) groups is 1. The van der Waals surface area contributed by atoms with Crippen LogP contribution in [0.5, 0.6) is 5.75 Å². The lowest BCUT2D eigenvalue weighted by atomic mass is 9.80. The van der Waals surface area contributed by atoms with E-state index < -0.39 is 11.3 Å². The SMILES string of the molecule is CCC(C)(CC)/C(O)=C(\C#N)C(=O)Nc1cccc(OC)c1. The third kappa shape index (κ3) is 3.79. The number of amides is 1. The Bertz CT molecular complexity index is 611. The molecule has 0 aliphatic rings. The van der Waals surface area contributed by atoms with Gasteiger partial charge in [-0.2, -0.15) is 5.26 Å². The zero-order valence-corrected chi connectivity index (χ0v) is 13.4. The molecule has 0 spiro atoms. The summed E-state index contributed by atoms with van der Waals surface area (Å²) >= 11 is 0. The minimum Gasteiger partial charge on any atom is -0.510 e. The van der Waals surface area contributed by atoms with Gasteiger partial charge in [-0.25, -0.2) is 0 Å². The smallest absolute Gasteiger partial charge is 0.269 e. The molecular weight excluding hydrogens is 280 g/mol. The van der Waals surface area contributed by atoms with E-state index in [2.05, 4.69) is 5.32 Å². The molecule has 22 heavy (non-hydrogen) atoms. The van der Waals surface area contributed by atoms with Crippen molar-refractivity contribution < 1.29 is 14.6 Å². The minimum absolute atomic E-state index is 0.166. The van der Waals surface area contributed by atoms with E-state index in [-0.39, 0.29) is 11.3 Å². The zero-order chi connectivity index (χ0) is 16.8. The largest absolute Gasteiger partial charge is 0.510 e. The van der Waals surface area contributed by atoms with E-state index in [9.17, 15) is 15.2 Å². The number of nitrogens with one attached hydrogen (secondary N) is 1. The summed E-state index contributed by atoms with van der Waals surface area (Å²) in [5.41, 5.74) is -0.342. The Balaban J connectivity index is 3.10. The molecule has 0 fully saturated rings. The topological polar surface area (TPSA) is 82.3 Å². The number of rotatable bonds is 6. The maximum Gasteiger partial charge on any atom is 0.269 e. The third-order valence-corrected chi connectivity index (χ3v) is 4.04. The highest BCUT2D eigenvalue weighted by molar-refractivity contribution is 6.07. The second-order valence-electron chi connectivity index (χ2n) is 5.29. The fourth-order valence-corrected chi connectivity index (χ4v) is 1.99. The van der Waals surface area contributed by atoms with Crippen molar-refractivity contribution in [1.29, 1.82) is 5.26 Å². The van der Waals surface area contributed by atoms with E-state index >= 15 is 0 Å². The number of anilines is 1. The molecule has 0 saturated carbocycles. The number of benzene rings is 1. The second-order valence-corrected chi connectivity index (χ2v) is 5.29. The van der Waals surface area contributed by atoms with Crippen LogP contribution in [0.15, 0.2) is 35.6 Å². The van der Waals surface area contributed by atoms with Crippen molar-refractivity contribution in [3.63, 3.8) is 0 Å². The molecule has 0 aliphatic carbocycles. The molecule has 118 valence electrons. The Hall–Kier alpha value is -2.48. The van der Waals surface area contributed by atoms with Gasteiger partial charge in [0.05, 0.1) is 7.11 Å². The van der Waals surface area contributed by atoms with Gasteiger partial charge in [0.2, 0.25) is 0 Å². The number of nitrogens with zero attached hydrogens (tertiary/aromatic N) is 1. The monoisotopic (exact) mass is 302 g/mol. The van der Waals surface area contributed by atoms with Crippen molar-refractivity contribution in [2.45, 2.75) is 33.6 Å². The van der Waals surface area contributed by atoms with Gasteiger partial charge in [-0.05, 0) is 25.0 Å². The Kier molecular flexibility index (Phi) is 6.00. The quantitative estimate of drug-likeness (QED) is 0.476. The number of methoxy groups -OCH3 is 1. The summed E-state index contributed by atoms with van der Waals surface area (Å²) in [5.74, 6) is -0.196. The summed E-state index contributed by atoms with van der Waals surface area (Å²) in [6.07, 6.45) is 1.26. The molecule has 0 aromatic heterocycles. The van der Waals surface area contributed by atoms with Crippen LogP contribution in [-0.2, 0) is 4.79 Å². The first-order valence-electron chi connectivity index (χ1n) is 7.21. The predicted octanol–water partition coefficient (Wildman–Crippen LogP) is 3.80. The number of nitriles is 1. The molecule has 0 atom stereocenters. The van der Waals surface area contributed by atoms with Crippen LogP contribution >= 0.6 is 0 Å². The number of aliphatic hydroxyl groups is 1. The Morgan fingerprint density at radius 3 is 2.55 bits per heavy atom. The van der Waals surface area contributed by atoms with Crippen LogP contribution in [-0.4, -0.2) is 18.1 Å². The molecule has 1 aromatic carbocycles. The molecule has 5 heteroatoms. The van der Waals surface area contributed by atoms with Crippen LogP contribution < -0.4 is 10.1 Å². The first-order valence-corrected chi connectivity index (χ1v) is 7.21. The summed E-state index contributed by atoms with van der Waals surface area (Å²) < 4.78 is 5.08. The van der Waals surface area contributed by atoms with Crippen molar-refractivity contribution in [3.05, 3.63) is 35.6 Å². The Morgan fingerprint density at radius 1 is 1.41 bits per heavy atom. The van der Waals surface area contributed by atoms with Gasteiger partial charge in [0, 0.05) is 17.2 Å². The van der Waals surface area contributed by atoms with E-state index in [0.717, 1.165) is 0 Å². The summed E-state index contributed by atoms with van der Waals surface area (Å²) in [4.78, 5) is 12.3. The minimum atomic E-state index is -0.624. The van der Waals surface area contributed by atoms with E-state index in [4.69, 9.17) is 4.74 Å². The highest BCUT2D eigenvalue weighted by Gasteiger charge is 2.30. The molecule has 1 amide bonds. The summed E-state index contributed by atoms with van der Waals surface area (Å²) in [6.45, 7) is 5.65. The fourth-order valence-electron chi connectivity index (χ4n) is 1.99. The maximum absolute atomic E-state index is 12.3. The molecule has 0 radical (unpaired) electrons. The van der Waals surface area contributed by atoms with Crippen LogP contribution in [0.1, 0.15) is 33.6 Å². The molecule has 1 aromatic rings. The van der Waals surface area contributed by atoms with Gasteiger partial charge < -0.3 is 15.2 Å². The standard InChI is InChI=1S/C17H22N2O3/c1-5-17(3,6-2)15(20)14(11-18)16(21)19-12-8-7-9-13(10-12)22-4/h7-10,20H,5-6H2,1-4H3,(H,19,21)/b15-14-. The van der Waals surface area contributed by atoms with Gasteiger partial charge in [0.25, 0.3) is 5.91 Å². The van der Waals surface area contributed by atoms with Gasteiger partial charge in [0.1, 0.15) is 17.6 Å². The van der Waals surface area contributed by atoms with Crippen molar-refractivity contribution in [2.24, 2.45) is 5.41 Å². The van der Waals surface area contributed by atoms with Crippen LogP contribution in [0.3, 0.4) is 0 Å². The van der Waals surface area contributed by atoms with Gasteiger partial charge in [-0.1, -0.05) is 26.8 Å². The van der Waals surface area contributed by atoms with Crippen LogP contribution in [0.4, 0.5) is 5.69 Å². The molecule has 1 rings (SSSR count). The molecule has 0 unspecified atom stereocenters. The Labute approximate surface area is 131 Å². The lowest BCUT2D eigenvalue weighted by Crippen LogP contribution is -2.24. The van der Waals surface area contributed by atoms with E-state index in [1.54, 1.807) is 24.3 Å². The first kappa shape index (κ1) is 17.6. The normalized spacial score (nSPS) is 12.1. The zero-order valence-electron chi connectivity index (χ0n) is 13.4. The van der Waals surface area contributed by atoms with Crippen molar-refractivity contribution in [1.82, 2.24) is 0 Å². The van der Waals surface area contributed by atoms with E-state index in [1.807, 2.05) is 26.8 Å². The Morgan fingerprint density at radius 2 is 2.05 bits per heavy atom. The van der Waals surface area contributed by atoms with Crippen LogP contribution in [0, 0.1) is 16.7 Å². The average Bonchev–Trinajstić information content (AvgIpc) is 2.54. The molecule has 5 nitrogen and oxygen atoms in total. The molecular formula is C17H22N2O3.